The van der Waals surface area contributed by atoms with Crippen LogP contribution in [0, 0.1) is 0 Å². The molecule has 0 bridgehead atoms. The van der Waals surface area contributed by atoms with Crippen LogP contribution in [0.3, 0.4) is 0 Å². The molecule has 0 fully saturated rings. The molecular formula is C17H17N3O2. The minimum atomic E-state index is 0.404. The van der Waals surface area contributed by atoms with E-state index in [9.17, 15) is 0 Å². The molecule has 0 unspecified atom stereocenters. The monoisotopic (exact) mass is 295 g/mol. The molecule has 0 radical (unpaired) electrons. The van der Waals surface area contributed by atoms with Gasteiger partial charge in [0, 0.05) is 11.9 Å². The minimum absolute atomic E-state index is 0.404. The molecule has 0 aliphatic heterocycles. The molecule has 0 saturated carbocycles. The van der Waals surface area contributed by atoms with Gasteiger partial charge in [0.1, 0.15) is 18.7 Å². The Kier molecular flexibility index (Phi) is 4.34. The third-order valence-corrected chi connectivity index (χ3v) is 3.10. The first-order chi connectivity index (χ1) is 10.8. The first-order valence-corrected chi connectivity index (χ1v) is 7.15. The number of rotatable bonds is 6. The number of ether oxygens (including phenoxy) is 2. The first kappa shape index (κ1) is 14.1. The number of hydrogen-bond acceptors (Lipinski definition) is 4. The standard InChI is InChI=1S/C17H17N3O2/c1-2-21-16-8-6-15(7-9-16)20-11-17(19-13-20)22-12-14-5-3-4-10-18-14/h3-11,13H,2,12H2,1H3. The summed E-state index contributed by atoms with van der Waals surface area (Å²) in [5.74, 6) is 1.43. The molecule has 3 aromatic rings. The molecule has 3 rings (SSSR count). The van der Waals surface area contributed by atoms with Crippen LogP contribution in [0.2, 0.25) is 0 Å². The minimum Gasteiger partial charge on any atom is -0.494 e. The van der Waals surface area contributed by atoms with Crippen LogP contribution < -0.4 is 9.47 Å². The van der Waals surface area contributed by atoms with E-state index in [1.807, 2.05) is 60.2 Å². The van der Waals surface area contributed by atoms with Crippen LogP contribution in [0.25, 0.3) is 5.69 Å². The second-order valence-corrected chi connectivity index (χ2v) is 4.66. The average Bonchev–Trinajstić information content (AvgIpc) is 3.04. The molecule has 0 aliphatic rings. The van der Waals surface area contributed by atoms with Gasteiger partial charge in [-0.3, -0.25) is 4.98 Å². The third kappa shape index (κ3) is 3.44. The molecule has 0 saturated heterocycles. The highest BCUT2D eigenvalue weighted by Gasteiger charge is 2.03. The van der Waals surface area contributed by atoms with Crippen molar-refractivity contribution in [3.63, 3.8) is 0 Å². The normalized spacial score (nSPS) is 10.4. The maximum Gasteiger partial charge on any atom is 0.232 e. The molecule has 2 aromatic heterocycles. The molecular weight excluding hydrogens is 278 g/mol. The predicted octanol–water partition coefficient (Wildman–Crippen LogP) is 3.25. The summed E-state index contributed by atoms with van der Waals surface area (Å²) in [6.45, 7) is 3.03. The fourth-order valence-electron chi connectivity index (χ4n) is 2.03. The van der Waals surface area contributed by atoms with Crippen molar-refractivity contribution in [1.29, 1.82) is 0 Å². The highest BCUT2D eigenvalue weighted by atomic mass is 16.5. The van der Waals surface area contributed by atoms with Gasteiger partial charge in [-0.15, -0.1) is 0 Å². The number of imidazole rings is 1. The molecule has 0 spiro atoms. The molecule has 22 heavy (non-hydrogen) atoms. The second-order valence-electron chi connectivity index (χ2n) is 4.66. The van der Waals surface area contributed by atoms with Crippen molar-refractivity contribution in [2.24, 2.45) is 0 Å². The number of aromatic nitrogens is 3. The Hall–Kier alpha value is -2.82. The van der Waals surface area contributed by atoms with E-state index in [0.717, 1.165) is 17.1 Å². The molecule has 0 amide bonds. The van der Waals surface area contributed by atoms with Crippen LogP contribution >= 0.6 is 0 Å². The van der Waals surface area contributed by atoms with Crippen LogP contribution in [0.4, 0.5) is 0 Å². The summed E-state index contributed by atoms with van der Waals surface area (Å²) in [6.07, 6.45) is 5.32. The van der Waals surface area contributed by atoms with Gasteiger partial charge >= 0.3 is 0 Å². The fourth-order valence-corrected chi connectivity index (χ4v) is 2.03. The Morgan fingerprint density at radius 3 is 2.59 bits per heavy atom. The van der Waals surface area contributed by atoms with Gasteiger partial charge in [-0.25, -0.2) is 4.98 Å². The van der Waals surface area contributed by atoms with Crippen LogP contribution in [0.15, 0.2) is 61.2 Å². The topological polar surface area (TPSA) is 49.2 Å². The van der Waals surface area contributed by atoms with Crippen LogP contribution in [-0.4, -0.2) is 21.1 Å². The SMILES string of the molecule is CCOc1ccc(-n2cnc(OCc3ccccn3)c2)cc1. The Labute approximate surface area is 129 Å². The highest BCUT2D eigenvalue weighted by molar-refractivity contribution is 5.38. The summed E-state index contributed by atoms with van der Waals surface area (Å²) in [4.78, 5) is 8.46. The summed E-state index contributed by atoms with van der Waals surface area (Å²) in [5, 5.41) is 0. The van der Waals surface area contributed by atoms with E-state index in [2.05, 4.69) is 9.97 Å². The number of nitrogens with zero attached hydrogens (tertiary/aromatic N) is 3. The van der Waals surface area contributed by atoms with E-state index >= 15 is 0 Å². The van der Waals surface area contributed by atoms with E-state index in [0.29, 0.717) is 19.1 Å². The number of hydrogen-bond donors (Lipinski definition) is 0. The number of pyridine rings is 1. The van der Waals surface area contributed by atoms with Gasteiger partial charge in [0.15, 0.2) is 0 Å². The number of benzene rings is 1. The fraction of sp³-hybridized carbons (Fsp3) is 0.176. The van der Waals surface area contributed by atoms with Crippen molar-refractivity contribution >= 4 is 0 Å². The summed E-state index contributed by atoms with van der Waals surface area (Å²) >= 11 is 0. The molecule has 2 heterocycles. The van der Waals surface area contributed by atoms with Gasteiger partial charge in [0.25, 0.3) is 0 Å². The lowest BCUT2D eigenvalue weighted by Crippen LogP contribution is -1.97. The van der Waals surface area contributed by atoms with Gasteiger partial charge < -0.3 is 14.0 Å². The first-order valence-electron chi connectivity index (χ1n) is 7.15. The smallest absolute Gasteiger partial charge is 0.232 e. The molecule has 5 heteroatoms. The maximum atomic E-state index is 5.64. The lowest BCUT2D eigenvalue weighted by molar-refractivity contribution is 0.290. The average molecular weight is 295 g/mol. The van der Waals surface area contributed by atoms with Crippen molar-refractivity contribution in [3.05, 3.63) is 66.9 Å². The molecule has 112 valence electrons. The largest absolute Gasteiger partial charge is 0.494 e. The quantitative estimate of drug-likeness (QED) is 0.700. The Bertz CT molecular complexity index is 708. The molecule has 1 aromatic carbocycles. The van der Waals surface area contributed by atoms with Gasteiger partial charge in [0.05, 0.1) is 18.5 Å². The zero-order valence-corrected chi connectivity index (χ0v) is 12.3. The lowest BCUT2D eigenvalue weighted by Gasteiger charge is -2.05. The molecule has 0 aliphatic carbocycles. The van der Waals surface area contributed by atoms with E-state index in [1.54, 1.807) is 12.5 Å². The van der Waals surface area contributed by atoms with E-state index in [1.165, 1.54) is 0 Å². The van der Waals surface area contributed by atoms with Crippen LogP contribution in [0.5, 0.6) is 11.6 Å². The van der Waals surface area contributed by atoms with Gasteiger partial charge in [-0.2, -0.15) is 0 Å². The zero-order chi connectivity index (χ0) is 15.2. The summed E-state index contributed by atoms with van der Waals surface area (Å²) in [5.41, 5.74) is 1.88. The van der Waals surface area contributed by atoms with Crippen molar-refractivity contribution in [1.82, 2.24) is 14.5 Å². The molecule has 5 nitrogen and oxygen atoms in total. The Morgan fingerprint density at radius 1 is 1.00 bits per heavy atom. The summed E-state index contributed by atoms with van der Waals surface area (Å²) < 4.78 is 13.0. The van der Waals surface area contributed by atoms with Gasteiger partial charge in [0.2, 0.25) is 5.88 Å². The van der Waals surface area contributed by atoms with Gasteiger partial charge in [-0.1, -0.05) is 6.07 Å². The Balaban J connectivity index is 1.65. The van der Waals surface area contributed by atoms with Crippen LogP contribution in [-0.2, 0) is 6.61 Å². The van der Waals surface area contributed by atoms with Crippen molar-refractivity contribution in [2.45, 2.75) is 13.5 Å². The molecule has 0 atom stereocenters. The maximum absolute atomic E-state index is 5.64. The zero-order valence-electron chi connectivity index (χ0n) is 12.3. The highest BCUT2D eigenvalue weighted by Crippen LogP contribution is 2.17. The van der Waals surface area contributed by atoms with E-state index < -0.39 is 0 Å². The molecule has 0 N–H and O–H groups in total. The second kappa shape index (κ2) is 6.76. The van der Waals surface area contributed by atoms with Crippen molar-refractivity contribution in [2.75, 3.05) is 6.61 Å². The van der Waals surface area contributed by atoms with Crippen molar-refractivity contribution in [3.8, 4) is 17.3 Å². The van der Waals surface area contributed by atoms with Crippen molar-refractivity contribution < 1.29 is 9.47 Å². The Morgan fingerprint density at radius 2 is 1.86 bits per heavy atom. The van der Waals surface area contributed by atoms with Crippen LogP contribution in [0.1, 0.15) is 12.6 Å². The predicted molar refractivity (Wildman–Crippen MR) is 83.3 cm³/mol. The lowest BCUT2D eigenvalue weighted by atomic mass is 10.3. The van der Waals surface area contributed by atoms with Gasteiger partial charge in [-0.05, 0) is 43.3 Å². The van der Waals surface area contributed by atoms with E-state index in [-0.39, 0.29) is 0 Å². The third-order valence-electron chi connectivity index (χ3n) is 3.10. The van der Waals surface area contributed by atoms with E-state index in [4.69, 9.17) is 9.47 Å². The summed E-state index contributed by atoms with van der Waals surface area (Å²) in [7, 11) is 0. The summed E-state index contributed by atoms with van der Waals surface area (Å²) in [6, 6.07) is 13.6.